The maximum Gasteiger partial charge on any atom is 0.305 e. The molecule has 0 radical (unpaired) electrons. The minimum absolute atomic E-state index is 0.0215. The molecule has 0 aromatic heterocycles. The molecule has 0 aliphatic heterocycles. The Kier molecular flexibility index (Phi) is 4.77. The molecule has 4 heteroatoms. The van der Waals surface area contributed by atoms with Crippen molar-refractivity contribution in [2.45, 2.75) is 39.0 Å². The fourth-order valence-electron chi connectivity index (χ4n) is 2.69. The normalized spacial score (nSPS) is 15.2. The van der Waals surface area contributed by atoms with E-state index in [1.807, 2.05) is 31.2 Å². The van der Waals surface area contributed by atoms with Crippen molar-refractivity contribution in [1.29, 1.82) is 0 Å². The molecule has 1 amide bonds. The van der Waals surface area contributed by atoms with Gasteiger partial charge in [-0.25, -0.2) is 0 Å². The summed E-state index contributed by atoms with van der Waals surface area (Å²) in [5, 5.41) is 8.86. The zero-order chi connectivity index (χ0) is 14.5. The van der Waals surface area contributed by atoms with Crippen molar-refractivity contribution >= 4 is 17.6 Å². The third-order valence-corrected chi connectivity index (χ3v) is 3.87. The van der Waals surface area contributed by atoms with Gasteiger partial charge in [-0.2, -0.15) is 0 Å². The summed E-state index contributed by atoms with van der Waals surface area (Å²) in [6.07, 6.45) is 4.02. The van der Waals surface area contributed by atoms with Crippen LogP contribution in [-0.4, -0.2) is 23.5 Å². The van der Waals surface area contributed by atoms with Crippen LogP contribution in [-0.2, 0) is 9.59 Å². The first-order chi connectivity index (χ1) is 9.58. The van der Waals surface area contributed by atoms with Crippen LogP contribution in [0.5, 0.6) is 0 Å². The standard InChI is InChI=1S/C16H21NO3/c1-12-6-8-14(9-7-12)17(11-10-15(18)19)16(20)13-4-2-3-5-13/h6-9,13H,2-5,10-11H2,1H3,(H,18,19). The Balaban J connectivity index is 2.16. The molecule has 4 nitrogen and oxygen atoms in total. The van der Waals surface area contributed by atoms with Crippen LogP contribution >= 0.6 is 0 Å². The smallest absolute Gasteiger partial charge is 0.305 e. The lowest BCUT2D eigenvalue weighted by Gasteiger charge is -2.25. The van der Waals surface area contributed by atoms with Crippen LogP contribution in [0.25, 0.3) is 0 Å². The van der Waals surface area contributed by atoms with Gasteiger partial charge in [0.2, 0.25) is 5.91 Å². The third-order valence-electron chi connectivity index (χ3n) is 3.87. The fraction of sp³-hybridized carbons (Fsp3) is 0.500. The van der Waals surface area contributed by atoms with E-state index in [1.165, 1.54) is 0 Å². The Morgan fingerprint density at radius 1 is 1.20 bits per heavy atom. The average molecular weight is 275 g/mol. The Morgan fingerprint density at radius 2 is 1.80 bits per heavy atom. The highest BCUT2D eigenvalue weighted by Crippen LogP contribution is 2.28. The minimum Gasteiger partial charge on any atom is -0.481 e. The van der Waals surface area contributed by atoms with Crippen molar-refractivity contribution in [3.8, 4) is 0 Å². The number of carbonyl (C=O) groups is 2. The van der Waals surface area contributed by atoms with Gasteiger partial charge in [-0.1, -0.05) is 30.5 Å². The van der Waals surface area contributed by atoms with Crippen molar-refractivity contribution in [1.82, 2.24) is 0 Å². The average Bonchev–Trinajstić information content (AvgIpc) is 2.94. The third kappa shape index (κ3) is 3.59. The van der Waals surface area contributed by atoms with E-state index in [-0.39, 0.29) is 24.8 Å². The molecule has 0 spiro atoms. The van der Waals surface area contributed by atoms with Gasteiger partial charge < -0.3 is 10.0 Å². The number of hydrogen-bond donors (Lipinski definition) is 1. The molecule has 0 heterocycles. The van der Waals surface area contributed by atoms with Gasteiger partial charge in [-0.15, -0.1) is 0 Å². The SMILES string of the molecule is Cc1ccc(N(CCC(=O)O)C(=O)C2CCCC2)cc1. The van der Waals surface area contributed by atoms with E-state index in [0.717, 1.165) is 36.9 Å². The Hall–Kier alpha value is -1.84. The molecular formula is C16H21NO3. The summed E-state index contributed by atoms with van der Waals surface area (Å²) < 4.78 is 0. The van der Waals surface area contributed by atoms with Crippen LogP contribution in [0, 0.1) is 12.8 Å². The predicted molar refractivity (Wildman–Crippen MR) is 77.7 cm³/mol. The van der Waals surface area contributed by atoms with Gasteiger partial charge >= 0.3 is 5.97 Å². The molecule has 0 bridgehead atoms. The van der Waals surface area contributed by atoms with E-state index in [9.17, 15) is 9.59 Å². The highest BCUT2D eigenvalue weighted by atomic mass is 16.4. The number of amides is 1. The molecule has 1 aromatic rings. The van der Waals surface area contributed by atoms with Crippen LogP contribution in [0.4, 0.5) is 5.69 Å². The minimum atomic E-state index is -0.874. The van der Waals surface area contributed by atoms with Gasteiger partial charge in [0.05, 0.1) is 6.42 Å². The maximum absolute atomic E-state index is 12.6. The lowest BCUT2D eigenvalue weighted by atomic mass is 10.1. The molecule has 1 aromatic carbocycles. The van der Waals surface area contributed by atoms with Gasteiger partial charge in [-0.3, -0.25) is 9.59 Å². The summed E-state index contributed by atoms with van der Waals surface area (Å²) >= 11 is 0. The van der Waals surface area contributed by atoms with Crippen molar-refractivity contribution in [2.24, 2.45) is 5.92 Å². The molecule has 0 unspecified atom stereocenters. The molecule has 1 N–H and O–H groups in total. The van der Waals surface area contributed by atoms with E-state index < -0.39 is 5.97 Å². The monoisotopic (exact) mass is 275 g/mol. The van der Waals surface area contributed by atoms with Gasteiger partial charge in [0.1, 0.15) is 0 Å². The number of aryl methyl sites for hydroxylation is 1. The second kappa shape index (κ2) is 6.55. The van der Waals surface area contributed by atoms with Crippen molar-refractivity contribution in [3.05, 3.63) is 29.8 Å². The summed E-state index contributed by atoms with van der Waals surface area (Å²) in [6, 6.07) is 7.68. The largest absolute Gasteiger partial charge is 0.481 e. The number of carboxylic acids is 1. The number of carbonyl (C=O) groups excluding carboxylic acids is 1. The van der Waals surface area contributed by atoms with Crippen LogP contribution in [0.1, 0.15) is 37.7 Å². The fourth-order valence-corrected chi connectivity index (χ4v) is 2.69. The Labute approximate surface area is 119 Å². The highest BCUT2D eigenvalue weighted by Gasteiger charge is 2.28. The molecule has 1 aliphatic carbocycles. The molecular weight excluding hydrogens is 254 g/mol. The molecule has 0 atom stereocenters. The number of anilines is 1. The van der Waals surface area contributed by atoms with Gasteiger partial charge in [0.15, 0.2) is 0 Å². The number of aliphatic carboxylic acids is 1. The van der Waals surface area contributed by atoms with Crippen LogP contribution in [0.2, 0.25) is 0 Å². The first-order valence-electron chi connectivity index (χ1n) is 7.18. The Bertz CT molecular complexity index is 475. The lowest BCUT2D eigenvalue weighted by molar-refractivity contribution is -0.136. The Morgan fingerprint density at radius 3 is 2.35 bits per heavy atom. The van der Waals surface area contributed by atoms with E-state index in [1.54, 1.807) is 4.90 Å². The van der Waals surface area contributed by atoms with E-state index in [2.05, 4.69) is 0 Å². The van der Waals surface area contributed by atoms with Crippen molar-refractivity contribution < 1.29 is 14.7 Å². The zero-order valence-corrected chi connectivity index (χ0v) is 11.8. The predicted octanol–water partition coefficient (Wildman–Crippen LogP) is 2.99. The zero-order valence-electron chi connectivity index (χ0n) is 11.8. The lowest BCUT2D eigenvalue weighted by Crippen LogP contribution is -2.37. The summed E-state index contributed by atoms with van der Waals surface area (Å²) in [6.45, 7) is 2.23. The van der Waals surface area contributed by atoms with Gasteiger partial charge in [0, 0.05) is 18.2 Å². The summed E-state index contributed by atoms with van der Waals surface area (Å²) in [7, 11) is 0. The quantitative estimate of drug-likeness (QED) is 0.898. The van der Waals surface area contributed by atoms with E-state index >= 15 is 0 Å². The topological polar surface area (TPSA) is 57.6 Å². The first kappa shape index (κ1) is 14.6. The van der Waals surface area contributed by atoms with Gasteiger partial charge in [-0.05, 0) is 31.9 Å². The number of benzene rings is 1. The van der Waals surface area contributed by atoms with Crippen LogP contribution < -0.4 is 4.90 Å². The van der Waals surface area contributed by atoms with Crippen LogP contribution in [0.3, 0.4) is 0 Å². The number of carboxylic acid groups (broad SMARTS) is 1. The molecule has 1 aliphatic rings. The number of nitrogens with zero attached hydrogens (tertiary/aromatic N) is 1. The molecule has 0 saturated heterocycles. The van der Waals surface area contributed by atoms with Crippen molar-refractivity contribution in [2.75, 3.05) is 11.4 Å². The van der Waals surface area contributed by atoms with E-state index in [0.29, 0.717) is 0 Å². The van der Waals surface area contributed by atoms with Crippen molar-refractivity contribution in [3.63, 3.8) is 0 Å². The molecule has 1 saturated carbocycles. The van der Waals surface area contributed by atoms with E-state index in [4.69, 9.17) is 5.11 Å². The summed E-state index contributed by atoms with van der Waals surface area (Å²) in [4.78, 5) is 25.0. The van der Waals surface area contributed by atoms with Gasteiger partial charge in [0.25, 0.3) is 0 Å². The van der Waals surface area contributed by atoms with Crippen LogP contribution in [0.15, 0.2) is 24.3 Å². The number of hydrogen-bond acceptors (Lipinski definition) is 2. The summed E-state index contributed by atoms with van der Waals surface area (Å²) in [5.74, 6) is -0.737. The molecule has 1 fully saturated rings. The molecule has 108 valence electrons. The second-order valence-electron chi connectivity index (χ2n) is 5.45. The summed E-state index contributed by atoms with van der Waals surface area (Å²) in [5.41, 5.74) is 1.92. The first-order valence-corrected chi connectivity index (χ1v) is 7.18. The maximum atomic E-state index is 12.6. The molecule has 20 heavy (non-hydrogen) atoms. The highest BCUT2D eigenvalue weighted by molar-refractivity contribution is 5.95. The number of rotatable bonds is 5. The second-order valence-corrected chi connectivity index (χ2v) is 5.45. The molecule has 2 rings (SSSR count).